The van der Waals surface area contributed by atoms with E-state index in [1.165, 1.54) is 32.1 Å². The van der Waals surface area contributed by atoms with Crippen LogP contribution in [0.5, 0.6) is 0 Å². The van der Waals surface area contributed by atoms with Crippen molar-refractivity contribution in [1.82, 2.24) is 19.7 Å². The lowest BCUT2D eigenvalue weighted by molar-refractivity contribution is -0.0304. The van der Waals surface area contributed by atoms with Gasteiger partial charge in [-0.2, -0.15) is 5.10 Å². The highest BCUT2D eigenvalue weighted by Crippen LogP contribution is 2.31. The molecule has 1 saturated carbocycles. The Kier molecular flexibility index (Phi) is 4.31. The number of hydrogen-bond acceptors (Lipinski definition) is 4. The summed E-state index contributed by atoms with van der Waals surface area (Å²) in [6.07, 6.45) is 8.01. The molecule has 1 aromatic heterocycles. The number of rotatable bonds is 4. The van der Waals surface area contributed by atoms with Crippen molar-refractivity contribution in [3.05, 3.63) is 11.6 Å². The molecule has 0 spiro atoms. The molecular weight excluding hydrogens is 264 g/mol. The molecule has 2 heterocycles. The Balaban J connectivity index is 1.63. The van der Waals surface area contributed by atoms with Crippen LogP contribution in [-0.4, -0.2) is 49.5 Å². The molecule has 1 atom stereocenters. The zero-order valence-electron chi connectivity index (χ0n) is 13.4. The molecule has 118 valence electrons. The van der Waals surface area contributed by atoms with Crippen LogP contribution in [0.1, 0.15) is 56.6 Å². The number of aromatic nitrogens is 3. The van der Waals surface area contributed by atoms with Gasteiger partial charge in [0.1, 0.15) is 11.6 Å². The van der Waals surface area contributed by atoms with Gasteiger partial charge in [-0.15, -0.1) is 0 Å². The molecule has 21 heavy (non-hydrogen) atoms. The second kappa shape index (κ2) is 6.05. The first-order valence-electron chi connectivity index (χ1n) is 8.40. The summed E-state index contributed by atoms with van der Waals surface area (Å²) in [5.74, 6) is 1.85. The summed E-state index contributed by atoms with van der Waals surface area (Å²) in [6, 6.07) is 0.496. The van der Waals surface area contributed by atoms with Gasteiger partial charge in [-0.25, -0.2) is 9.67 Å². The summed E-state index contributed by atoms with van der Waals surface area (Å²) >= 11 is 0. The summed E-state index contributed by atoms with van der Waals surface area (Å²) in [5.41, 5.74) is -0.450. The summed E-state index contributed by atoms with van der Waals surface area (Å²) in [6.45, 7) is 6.82. The van der Waals surface area contributed by atoms with E-state index in [0.29, 0.717) is 6.04 Å². The van der Waals surface area contributed by atoms with Gasteiger partial charge in [-0.3, -0.25) is 4.90 Å². The summed E-state index contributed by atoms with van der Waals surface area (Å²) in [4.78, 5) is 6.88. The average Bonchev–Trinajstić information content (AvgIpc) is 2.98. The first-order valence-corrected chi connectivity index (χ1v) is 8.40. The van der Waals surface area contributed by atoms with E-state index in [-0.39, 0.29) is 0 Å². The van der Waals surface area contributed by atoms with Gasteiger partial charge >= 0.3 is 0 Å². The van der Waals surface area contributed by atoms with Crippen LogP contribution in [0.25, 0.3) is 0 Å². The highest BCUT2D eigenvalue weighted by atomic mass is 16.3. The Bertz CT molecular complexity index is 479. The van der Waals surface area contributed by atoms with Crippen LogP contribution in [0.2, 0.25) is 0 Å². The van der Waals surface area contributed by atoms with Crippen molar-refractivity contribution in [2.24, 2.45) is 0 Å². The van der Waals surface area contributed by atoms with Gasteiger partial charge in [-0.1, -0.05) is 19.3 Å². The first kappa shape index (κ1) is 15.0. The normalized spacial score (nSPS) is 26.3. The van der Waals surface area contributed by atoms with Gasteiger partial charge in [0, 0.05) is 12.6 Å². The van der Waals surface area contributed by atoms with Crippen molar-refractivity contribution in [1.29, 1.82) is 0 Å². The quantitative estimate of drug-likeness (QED) is 0.923. The van der Waals surface area contributed by atoms with E-state index in [9.17, 15) is 5.11 Å². The monoisotopic (exact) mass is 292 g/mol. The molecule has 1 N–H and O–H groups in total. The van der Waals surface area contributed by atoms with E-state index in [4.69, 9.17) is 0 Å². The first-order chi connectivity index (χ1) is 10.1. The summed E-state index contributed by atoms with van der Waals surface area (Å²) in [5, 5.41) is 15.3. The molecule has 3 rings (SSSR count). The third kappa shape index (κ3) is 3.46. The van der Waals surface area contributed by atoms with E-state index in [1.807, 2.05) is 18.5 Å². The van der Waals surface area contributed by atoms with Crippen molar-refractivity contribution >= 4 is 0 Å². The topological polar surface area (TPSA) is 54.2 Å². The minimum Gasteiger partial charge on any atom is -0.389 e. The number of β-amino-alcohol motifs (C(OH)–C–C–N with tert-alkyl or cyclic N) is 1. The van der Waals surface area contributed by atoms with Crippen LogP contribution in [-0.2, 0) is 6.54 Å². The molecule has 5 heteroatoms. The zero-order chi connectivity index (χ0) is 14.9. The maximum Gasteiger partial charge on any atom is 0.147 e. The Labute approximate surface area is 127 Å². The van der Waals surface area contributed by atoms with Crippen molar-refractivity contribution < 1.29 is 5.11 Å². The van der Waals surface area contributed by atoms with Crippen LogP contribution in [0.15, 0.2) is 0 Å². The van der Waals surface area contributed by atoms with Crippen LogP contribution in [0, 0.1) is 13.8 Å². The molecule has 5 nitrogen and oxygen atoms in total. The molecule has 0 unspecified atom stereocenters. The fourth-order valence-electron chi connectivity index (χ4n) is 3.99. The molecular formula is C16H28N4O. The minimum atomic E-state index is -0.450. The van der Waals surface area contributed by atoms with Crippen molar-refractivity contribution in [3.63, 3.8) is 0 Å². The van der Waals surface area contributed by atoms with E-state index >= 15 is 0 Å². The number of aliphatic hydroxyl groups is 1. The van der Waals surface area contributed by atoms with E-state index < -0.39 is 5.60 Å². The van der Waals surface area contributed by atoms with Crippen molar-refractivity contribution in [3.8, 4) is 0 Å². The van der Waals surface area contributed by atoms with E-state index in [0.717, 1.165) is 44.1 Å². The Hall–Kier alpha value is -0.940. The van der Waals surface area contributed by atoms with E-state index in [1.54, 1.807) is 0 Å². The van der Waals surface area contributed by atoms with Crippen LogP contribution < -0.4 is 0 Å². The summed E-state index contributed by atoms with van der Waals surface area (Å²) < 4.78 is 2.03. The number of likely N-dealkylation sites (tertiary alicyclic amines) is 1. The zero-order valence-corrected chi connectivity index (χ0v) is 13.4. The third-order valence-corrected chi connectivity index (χ3v) is 5.13. The van der Waals surface area contributed by atoms with Gasteiger partial charge in [0.15, 0.2) is 0 Å². The molecule has 0 aromatic carbocycles. The lowest BCUT2D eigenvalue weighted by Gasteiger charge is -2.37. The molecule has 1 aliphatic carbocycles. The second-order valence-corrected chi connectivity index (χ2v) is 6.94. The molecule has 2 fully saturated rings. The maximum atomic E-state index is 10.8. The van der Waals surface area contributed by atoms with Gasteiger partial charge in [0.2, 0.25) is 0 Å². The van der Waals surface area contributed by atoms with Crippen LogP contribution in [0.3, 0.4) is 0 Å². The van der Waals surface area contributed by atoms with Gasteiger partial charge in [-0.05, 0) is 46.1 Å². The van der Waals surface area contributed by atoms with E-state index in [2.05, 4.69) is 15.0 Å². The second-order valence-electron chi connectivity index (χ2n) is 6.94. The minimum absolute atomic E-state index is 0.450. The van der Waals surface area contributed by atoms with Crippen molar-refractivity contribution in [2.75, 3.05) is 13.1 Å². The number of nitrogens with zero attached hydrogens (tertiary/aromatic N) is 4. The van der Waals surface area contributed by atoms with Crippen molar-refractivity contribution in [2.45, 2.75) is 77.0 Å². The van der Waals surface area contributed by atoms with Crippen LogP contribution in [0.4, 0.5) is 0 Å². The molecule has 0 amide bonds. The Morgan fingerprint density at radius 2 is 1.95 bits per heavy atom. The number of hydrogen-bond donors (Lipinski definition) is 1. The standard InChI is InChI=1S/C16H28N4O/c1-13-17-14(2)20(18-13)11-15-7-6-10-19(15)12-16(21)8-4-3-5-9-16/h15,21H,3-12H2,1-2H3/t15-/m1/s1. The average molecular weight is 292 g/mol. The van der Waals surface area contributed by atoms with Gasteiger partial charge in [0.05, 0.1) is 12.1 Å². The fourth-order valence-corrected chi connectivity index (χ4v) is 3.99. The lowest BCUT2D eigenvalue weighted by atomic mass is 9.84. The predicted molar refractivity (Wildman–Crippen MR) is 82.1 cm³/mol. The molecule has 1 aromatic rings. The highest BCUT2D eigenvalue weighted by molar-refractivity contribution is 4.93. The Morgan fingerprint density at radius 3 is 2.62 bits per heavy atom. The SMILES string of the molecule is Cc1nc(C)n(C[C@H]2CCCN2CC2(O)CCCCC2)n1. The molecule has 0 radical (unpaired) electrons. The summed E-state index contributed by atoms with van der Waals surface area (Å²) in [7, 11) is 0. The maximum absolute atomic E-state index is 10.8. The molecule has 1 saturated heterocycles. The highest BCUT2D eigenvalue weighted by Gasteiger charge is 2.35. The predicted octanol–water partition coefficient (Wildman–Crippen LogP) is 2.05. The Morgan fingerprint density at radius 1 is 1.19 bits per heavy atom. The molecule has 1 aliphatic heterocycles. The van der Waals surface area contributed by atoms with Crippen LogP contribution >= 0.6 is 0 Å². The van der Waals surface area contributed by atoms with Gasteiger partial charge < -0.3 is 5.11 Å². The largest absolute Gasteiger partial charge is 0.389 e. The fraction of sp³-hybridized carbons (Fsp3) is 0.875. The van der Waals surface area contributed by atoms with Gasteiger partial charge in [0.25, 0.3) is 0 Å². The third-order valence-electron chi connectivity index (χ3n) is 5.13. The number of aryl methyl sites for hydroxylation is 2. The lowest BCUT2D eigenvalue weighted by Crippen LogP contribution is -2.47. The molecule has 2 aliphatic rings. The smallest absolute Gasteiger partial charge is 0.147 e. The molecule has 0 bridgehead atoms.